The van der Waals surface area contributed by atoms with E-state index in [2.05, 4.69) is 5.32 Å². The number of amides is 2. The fraction of sp³-hybridized carbons (Fsp3) is 0.400. The number of hydrogen-bond acceptors (Lipinski definition) is 6. The molecule has 1 aromatic heterocycles. The van der Waals surface area contributed by atoms with Crippen molar-refractivity contribution in [1.82, 2.24) is 10.2 Å². The van der Waals surface area contributed by atoms with Crippen LogP contribution in [-0.2, 0) is 4.79 Å². The van der Waals surface area contributed by atoms with Crippen LogP contribution in [0.15, 0.2) is 47.1 Å². The van der Waals surface area contributed by atoms with Gasteiger partial charge < -0.3 is 19.5 Å². The van der Waals surface area contributed by atoms with E-state index in [0.29, 0.717) is 31.9 Å². The van der Waals surface area contributed by atoms with Crippen LogP contribution in [0.4, 0.5) is 11.4 Å². The van der Waals surface area contributed by atoms with Crippen molar-refractivity contribution in [2.24, 2.45) is 5.92 Å². The maximum atomic E-state index is 13.0. The SMILES string of the molecule is CC(C)[C@H](NC(=O)c1ccco1)C(=O)N1CCN(c2ccccc2[N+](=O)[O-])CC1. The lowest BCUT2D eigenvalue weighted by atomic mass is 10.0. The lowest BCUT2D eigenvalue weighted by Crippen LogP contribution is -2.56. The Morgan fingerprint density at radius 1 is 1.10 bits per heavy atom. The van der Waals surface area contributed by atoms with Crippen molar-refractivity contribution >= 4 is 23.2 Å². The quantitative estimate of drug-likeness (QED) is 0.589. The Morgan fingerprint density at radius 3 is 2.38 bits per heavy atom. The van der Waals surface area contributed by atoms with E-state index in [0.717, 1.165) is 0 Å². The lowest BCUT2D eigenvalue weighted by Gasteiger charge is -2.38. The second-order valence-electron chi connectivity index (χ2n) is 7.23. The van der Waals surface area contributed by atoms with Crippen molar-refractivity contribution < 1.29 is 18.9 Å². The van der Waals surface area contributed by atoms with Crippen molar-refractivity contribution in [3.63, 3.8) is 0 Å². The first-order valence-electron chi connectivity index (χ1n) is 9.50. The van der Waals surface area contributed by atoms with Crippen LogP contribution in [0.25, 0.3) is 0 Å². The molecule has 0 saturated carbocycles. The molecule has 9 nitrogen and oxygen atoms in total. The number of nitro groups is 1. The van der Waals surface area contributed by atoms with Crippen molar-refractivity contribution in [3.05, 3.63) is 58.5 Å². The summed E-state index contributed by atoms with van der Waals surface area (Å²) in [6.45, 7) is 5.54. The molecule has 1 atom stereocenters. The van der Waals surface area contributed by atoms with E-state index in [1.54, 1.807) is 35.2 Å². The Labute approximate surface area is 168 Å². The van der Waals surface area contributed by atoms with Crippen LogP contribution in [-0.4, -0.2) is 53.9 Å². The third-order valence-corrected chi connectivity index (χ3v) is 4.97. The van der Waals surface area contributed by atoms with Gasteiger partial charge in [-0.05, 0) is 24.1 Å². The first-order valence-corrected chi connectivity index (χ1v) is 9.50. The molecule has 1 N–H and O–H groups in total. The monoisotopic (exact) mass is 400 g/mol. The summed E-state index contributed by atoms with van der Waals surface area (Å²) in [6, 6.07) is 9.08. The standard InChI is InChI=1S/C20H24N4O5/c1-14(2)18(21-19(25)17-8-5-13-29-17)20(26)23-11-9-22(10-12-23)15-6-3-4-7-16(15)24(27)28/h3-8,13-14,18H,9-12H2,1-2H3,(H,21,25)/t18-/m0/s1. The summed E-state index contributed by atoms with van der Waals surface area (Å²) in [7, 11) is 0. The molecule has 0 aliphatic carbocycles. The molecular weight excluding hydrogens is 376 g/mol. The molecule has 2 amide bonds. The zero-order valence-electron chi connectivity index (χ0n) is 16.4. The van der Waals surface area contributed by atoms with E-state index in [1.807, 2.05) is 18.7 Å². The number of furan rings is 1. The summed E-state index contributed by atoms with van der Waals surface area (Å²) < 4.78 is 5.10. The lowest BCUT2D eigenvalue weighted by molar-refractivity contribution is -0.384. The number of nitro benzene ring substituents is 1. The molecule has 9 heteroatoms. The molecule has 1 aliphatic heterocycles. The van der Waals surface area contributed by atoms with Gasteiger partial charge in [0, 0.05) is 32.2 Å². The Morgan fingerprint density at radius 2 is 1.79 bits per heavy atom. The van der Waals surface area contributed by atoms with Gasteiger partial charge in [-0.25, -0.2) is 0 Å². The number of anilines is 1. The molecule has 1 fully saturated rings. The van der Waals surface area contributed by atoms with Crippen LogP contribution in [0.1, 0.15) is 24.4 Å². The summed E-state index contributed by atoms with van der Waals surface area (Å²) in [4.78, 5) is 39.8. The molecule has 3 rings (SSSR count). The minimum absolute atomic E-state index is 0.0537. The highest BCUT2D eigenvalue weighted by molar-refractivity contribution is 5.95. The van der Waals surface area contributed by atoms with E-state index in [-0.39, 0.29) is 23.3 Å². The number of carbonyl (C=O) groups excluding carboxylic acids is 2. The first-order chi connectivity index (χ1) is 13.9. The van der Waals surface area contributed by atoms with Gasteiger partial charge in [0.05, 0.1) is 11.2 Å². The molecular formula is C20H24N4O5. The Kier molecular flexibility index (Phi) is 6.16. The molecule has 29 heavy (non-hydrogen) atoms. The van der Waals surface area contributed by atoms with Gasteiger partial charge in [0.15, 0.2) is 5.76 Å². The summed E-state index contributed by atoms with van der Waals surface area (Å²) >= 11 is 0. The van der Waals surface area contributed by atoms with Crippen LogP contribution in [0.3, 0.4) is 0 Å². The molecule has 1 aliphatic rings. The fourth-order valence-corrected chi connectivity index (χ4v) is 3.38. The third-order valence-electron chi connectivity index (χ3n) is 4.97. The van der Waals surface area contributed by atoms with E-state index >= 15 is 0 Å². The smallest absolute Gasteiger partial charge is 0.292 e. The van der Waals surface area contributed by atoms with Crippen LogP contribution in [0.5, 0.6) is 0 Å². The second-order valence-corrected chi connectivity index (χ2v) is 7.23. The number of benzene rings is 1. The molecule has 1 aromatic carbocycles. The van der Waals surface area contributed by atoms with Gasteiger partial charge >= 0.3 is 0 Å². The van der Waals surface area contributed by atoms with Crippen molar-refractivity contribution in [3.8, 4) is 0 Å². The molecule has 0 unspecified atom stereocenters. The van der Waals surface area contributed by atoms with Crippen molar-refractivity contribution in [2.45, 2.75) is 19.9 Å². The van der Waals surface area contributed by atoms with Crippen LogP contribution >= 0.6 is 0 Å². The average Bonchev–Trinajstić information content (AvgIpc) is 3.26. The topological polar surface area (TPSA) is 109 Å². The average molecular weight is 400 g/mol. The highest BCUT2D eigenvalue weighted by Crippen LogP contribution is 2.28. The first kappa shape index (κ1) is 20.4. The predicted molar refractivity (Wildman–Crippen MR) is 107 cm³/mol. The van der Waals surface area contributed by atoms with Crippen LogP contribution in [0, 0.1) is 16.0 Å². The van der Waals surface area contributed by atoms with Crippen molar-refractivity contribution in [1.29, 1.82) is 0 Å². The van der Waals surface area contributed by atoms with E-state index in [4.69, 9.17) is 4.42 Å². The fourth-order valence-electron chi connectivity index (χ4n) is 3.38. The zero-order valence-corrected chi connectivity index (χ0v) is 16.4. The van der Waals surface area contributed by atoms with Gasteiger partial charge in [0.1, 0.15) is 11.7 Å². The van der Waals surface area contributed by atoms with Gasteiger partial charge in [0.25, 0.3) is 11.6 Å². The molecule has 1 saturated heterocycles. The zero-order chi connectivity index (χ0) is 21.0. The maximum Gasteiger partial charge on any atom is 0.292 e. The Bertz CT molecular complexity index is 873. The number of nitrogens with zero attached hydrogens (tertiary/aromatic N) is 3. The number of hydrogen-bond donors (Lipinski definition) is 1. The second kappa shape index (κ2) is 8.76. The Balaban J connectivity index is 1.65. The van der Waals surface area contributed by atoms with Crippen LogP contribution < -0.4 is 10.2 Å². The Hall–Kier alpha value is -3.36. The largest absolute Gasteiger partial charge is 0.459 e. The third kappa shape index (κ3) is 4.56. The number of piperazine rings is 1. The molecule has 154 valence electrons. The minimum atomic E-state index is -0.676. The molecule has 0 radical (unpaired) electrons. The summed E-state index contributed by atoms with van der Waals surface area (Å²) in [6.07, 6.45) is 1.41. The number of para-hydroxylation sites is 2. The summed E-state index contributed by atoms with van der Waals surface area (Å²) in [5.41, 5.74) is 0.606. The summed E-state index contributed by atoms with van der Waals surface area (Å²) in [5.74, 6) is -0.540. The predicted octanol–water partition coefficient (Wildman–Crippen LogP) is 2.29. The number of rotatable bonds is 6. The number of carbonyl (C=O) groups is 2. The molecule has 0 bridgehead atoms. The highest BCUT2D eigenvalue weighted by atomic mass is 16.6. The van der Waals surface area contributed by atoms with Gasteiger partial charge in [0.2, 0.25) is 5.91 Å². The normalized spacial score (nSPS) is 15.3. The summed E-state index contributed by atoms with van der Waals surface area (Å²) in [5, 5.41) is 14.0. The van der Waals surface area contributed by atoms with Gasteiger partial charge in [-0.1, -0.05) is 26.0 Å². The van der Waals surface area contributed by atoms with E-state index < -0.39 is 16.9 Å². The van der Waals surface area contributed by atoms with Gasteiger partial charge in [-0.2, -0.15) is 0 Å². The molecule has 2 aromatic rings. The van der Waals surface area contributed by atoms with Gasteiger partial charge in [-0.15, -0.1) is 0 Å². The van der Waals surface area contributed by atoms with E-state index in [9.17, 15) is 19.7 Å². The van der Waals surface area contributed by atoms with Gasteiger partial charge in [-0.3, -0.25) is 19.7 Å². The van der Waals surface area contributed by atoms with Crippen LogP contribution in [0.2, 0.25) is 0 Å². The molecule has 2 heterocycles. The minimum Gasteiger partial charge on any atom is -0.459 e. The molecule has 0 spiro atoms. The highest BCUT2D eigenvalue weighted by Gasteiger charge is 2.32. The van der Waals surface area contributed by atoms with Crippen molar-refractivity contribution in [2.75, 3.05) is 31.1 Å². The maximum absolute atomic E-state index is 13.0. The van der Waals surface area contributed by atoms with E-state index in [1.165, 1.54) is 12.3 Å². The number of nitrogens with one attached hydrogen (secondary N) is 1.